The molecule has 0 spiro atoms. The van der Waals surface area contributed by atoms with Crippen molar-refractivity contribution in [3.8, 4) is 5.75 Å². The largest absolute Gasteiger partial charge is 0.494 e. The number of ether oxygens (including phenoxy) is 1. The van der Waals surface area contributed by atoms with Gasteiger partial charge in [0.1, 0.15) is 10.8 Å². The molecule has 0 saturated heterocycles. The van der Waals surface area contributed by atoms with E-state index >= 15 is 0 Å². The van der Waals surface area contributed by atoms with E-state index in [-0.39, 0.29) is 15.8 Å². The van der Waals surface area contributed by atoms with Gasteiger partial charge in [0.25, 0.3) is 10.0 Å². The van der Waals surface area contributed by atoms with Crippen LogP contribution in [0.2, 0.25) is 0 Å². The number of ketones is 1. The van der Waals surface area contributed by atoms with Crippen molar-refractivity contribution in [2.24, 2.45) is 0 Å². The SMILES string of the molecule is CCOc1ccc(C(=O)/C=C/Nc2ccc(S(=O)(=O)Nc3nnc(CC)s3)cc2)cc1. The number of benzene rings is 2. The lowest BCUT2D eigenvalue weighted by atomic mass is 10.1. The third kappa shape index (κ3) is 6.12. The van der Waals surface area contributed by atoms with Crippen molar-refractivity contribution in [2.45, 2.75) is 25.2 Å². The number of anilines is 2. The number of hydrogen-bond donors (Lipinski definition) is 2. The lowest BCUT2D eigenvalue weighted by molar-refractivity contribution is 0.104. The highest BCUT2D eigenvalue weighted by atomic mass is 32.2. The molecule has 0 atom stereocenters. The van der Waals surface area contributed by atoms with E-state index in [2.05, 4.69) is 20.2 Å². The highest BCUT2D eigenvalue weighted by Crippen LogP contribution is 2.21. The van der Waals surface area contributed by atoms with Gasteiger partial charge in [0.05, 0.1) is 11.5 Å². The van der Waals surface area contributed by atoms with Gasteiger partial charge in [0.15, 0.2) is 5.78 Å². The van der Waals surface area contributed by atoms with Crippen molar-refractivity contribution in [1.82, 2.24) is 10.2 Å². The number of sulfonamides is 1. The fraction of sp³-hybridized carbons (Fsp3) is 0.190. The molecule has 31 heavy (non-hydrogen) atoms. The molecule has 3 aromatic rings. The summed E-state index contributed by atoms with van der Waals surface area (Å²) in [5.41, 5.74) is 1.18. The number of carbonyl (C=O) groups excluding carboxylic acids is 1. The summed E-state index contributed by atoms with van der Waals surface area (Å²) < 4.78 is 32.7. The molecule has 162 valence electrons. The second-order valence-corrected chi connectivity index (χ2v) is 9.03. The predicted molar refractivity (Wildman–Crippen MR) is 121 cm³/mol. The zero-order valence-electron chi connectivity index (χ0n) is 17.0. The minimum absolute atomic E-state index is 0.0979. The van der Waals surface area contributed by atoms with Gasteiger partial charge in [0.2, 0.25) is 5.13 Å². The monoisotopic (exact) mass is 458 g/mol. The van der Waals surface area contributed by atoms with Gasteiger partial charge in [-0.25, -0.2) is 8.42 Å². The number of nitrogens with one attached hydrogen (secondary N) is 2. The maximum atomic E-state index is 12.5. The van der Waals surface area contributed by atoms with E-state index in [0.29, 0.717) is 30.0 Å². The summed E-state index contributed by atoms with van der Waals surface area (Å²) in [5.74, 6) is 0.546. The molecule has 0 aliphatic carbocycles. The molecule has 8 nitrogen and oxygen atoms in total. The lowest BCUT2D eigenvalue weighted by Crippen LogP contribution is -2.12. The fourth-order valence-corrected chi connectivity index (χ4v) is 4.44. The average molecular weight is 459 g/mol. The van der Waals surface area contributed by atoms with E-state index in [1.165, 1.54) is 35.7 Å². The summed E-state index contributed by atoms with van der Waals surface area (Å²) in [6.45, 7) is 4.38. The second-order valence-electron chi connectivity index (χ2n) is 6.28. The van der Waals surface area contributed by atoms with Crippen LogP contribution in [0, 0.1) is 0 Å². The molecular formula is C21H22N4O4S2. The Morgan fingerprint density at radius 2 is 1.77 bits per heavy atom. The summed E-state index contributed by atoms with van der Waals surface area (Å²) in [5, 5.41) is 11.7. The van der Waals surface area contributed by atoms with Crippen molar-refractivity contribution in [3.63, 3.8) is 0 Å². The Kier molecular flexibility index (Phi) is 7.37. The minimum atomic E-state index is -3.75. The molecule has 0 saturated carbocycles. The summed E-state index contributed by atoms with van der Waals surface area (Å²) in [6.07, 6.45) is 3.60. The molecule has 1 aromatic heterocycles. The molecule has 0 aliphatic heterocycles. The van der Waals surface area contributed by atoms with Crippen molar-refractivity contribution in [3.05, 3.63) is 71.4 Å². The number of hydrogen-bond acceptors (Lipinski definition) is 8. The highest BCUT2D eigenvalue weighted by Gasteiger charge is 2.16. The molecule has 2 aromatic carbocycles. The molecular weight excluding hydrogens is 436 g/mol. The van der Waals surface area contributed by atoms with Gasteiger partial charge in [-0.05, 0) is 61.9 Å². The smallest absolute Gasteiger partial charge is 0.263 e. The zero-order valence-corrected chi connectivity index (χ0v) is 18.7. The van der Waals surface area contributed by atoms with Crippen LogP contribution in [0.1, 0.15) is 29.2 Å². The van der Waals surface area contributed by atoms with Crippen molar-refractivity contribution < 1.29 is 17.9 Å². The topological polar surface area (TPSA) is 110 Å². The van der Waals surface area contributed by atoms with Crippen LogP contribution in [0.15, 0.2) is 65.7 Å². The molecule has 1 heterocycles. The molecule has 3 rings (SSSR count). The average Bonchev–Trinajstić information content (AvgIpc) is 3.21. The number of rotatable bonds is 10. The lowest BCUT2D eigenvalue weighted by Gasteiger charge is -2.06. The first-order valence-electron chi connectivity index (χ1n) is 9.57. The van der Waals surface area contributed by atoms with Gasteiger partial charge >= 0.3 is 0 Å². The molecule has 0 fully saturated rings. The van der Waals surface area contributed by atoms with Crippen LogP contribution in [0.3, 0.4) is 0 Å². The van der Waals surface area contributed by atoms with E-state index in [4.69, 9.17) is 4.74 Å². The quantitative estimate of drug-likeness (QED) is 0.347. The fourth-order valence-electron chi connectivity index (χ4n) is 2.53. The van der Waals surface area contributed by atoms with Gasteiger partial charge in [-0.1, -0.05) is 18.3 Å². The molecule has 0 bridgehead atoms. The Balaban J connectivity index is 1.58. The van der Waals surface area contributed by atoms with Gasteiger partial charge in [-0.3, -0.25) is 9.52 Å². The van der Waals surface area contributed by atoms with Gasteiger partial charge in [-0.15, -0.1) is 10.2 Å². The summed E-state index contributed by atoms with van der Waals surface area (Å²) in [7, 11) is -3.75. The van der Waals surface area contributed by atoms with Crippen LogP contribution < -0.4 is 14.8 Å². The van der Waals surface area contributed by atoms with Crippen LogP contribution >= 0.6 is 11.3 Å². The van der Waals surface area contributed by atoms with Crippen LogP contribution in [0.4, 0.5) is 10.8 Å². The van der Waals surface area contributed by atoms with E-state index in [9.17, 15) is 13.2 Å². The Bertz CT molecular complexity index is 1150. The number of carbonyl (C=O) groups is 1. The molecule has 0 radical (unpaired) electrons. The first-order chi connectivity index (χ1) is 14.9. The molecule has 10 heteroatoms. The maximum absolute atomic E-state index is 12.5. The number of aromatic nitrogens is 2. The standard InChI is InChI=1S/C21H22N4O4S2/c1-3-20-23-24-21(30-20)25-31(27,28)18-11-7-16(8-12-18)22-14-13-19(26)15-5-9-17(10-6-15)29-4-2/h5-14,22H,3-4H2,1-2H3,(H,24,25)/b14-13+. The van der Waals surface area contributed by atoms with E-state index in [0.717, 1.165) is 5.01 Å². The van der Waals surface area contributed by atoms with Gasteiger partial charge in [0, 0.05) is 23.5 Å². The summed E-state index contributed by atoms with van der Waals surface area (Å²) in [6, 6.07) is 13.0. The molecule has 0 amide bonds. The Labute approximate surface area is 185 Å². The normalized spacial score (nSPS) is 11.4. The van der Waals surface area contributed by atoms with Crippen LogP contribution in [-0.2, 0) is 16.4 Å². The van der Waals surface area contributed by atoms with Crippen LogP contribution in [0.25, 0.3) is 0 Å². The third-order valence-corrected chi connectivity index (χ3v) is 6.56. The first kappa shape index (κ1) is 22.4. The first-order valence-corrected chi connectivity index (χ1v) is 11.9. The van der Waals surface area contributed by atoms with E-state index in [1.807, 2.05) is 13.8 Å². The van der Waals surface area contributed by atoms with Crippen LogP contribution in [0.5, 0.6) is 5.75 Å². The van der Waals surface area contributed by atoms with Crippen molar-refractivity contribution in [1.29, 1.82) is 0 Å². The molecule has 2 N–H and O–H groups in total. The van der Waals surface area contributed by atoms with E-state index < -0.39 is 10.0 Å². The number of aryl methyl sites for hydroxylation is 1. The maximum Gasteiger partial charge on any atom is 0.263 e. The third-order valence-electron chi connectivity index (χ3n) is 4.09. The second kappa shape index (κ2) is 10.2. The zero-order chi connectivity index (χ0) is 22.3. The number of allylic oxidation sites excluding steroid dienone is 1. The van der Waals surface area contributed by atoms with E-state index in [1.54, 1.807) is 36.4 Å². The Morgan fingerprint density at radius 3 is 2.39 bits per heavy atom. The summed E-state index contributed by atoms with van der Waals surface area (Å²) in [4.78, 5) is 12.3. The minimum Gasteiger partial charge on any atom is -0.494 e. The van der Waals surface area contributed by atoms with Crippen molar-refractivity contribution in [2.75, 3.05) is 16.6 Å². The Morgan fingerprint density at radius 1 is 1.06 bits per heavy atom. The van der Waals surface area contributed by atoms with Gasteiger partial charge in [-0.2, -0.15) is 0 Å². The van der Waals surface area contributed by atoms with Gasteiger partial charge < -0.3 is 10.1 Å². The van der Waals surface area contributed by atoms with Crippen LogP contribution in [-0.4, -0.2) is 31.0 Å². The Hall–Kier alpha value is -3.24. The summed E-state index contributed by atoms with van der Waals surface area (Å²) >= 11 is 1.20. The molecule has 0 unspecified atom stereocenters. The highest BCUT2D eigenvalue weighted by molar-refractivity contribution is 7.93. The van der Waals surface area contributed by atoms with Crippen molar-refractivity contribution >= 4 is 38.0 Å². The number of nitrogens with zero attached hydrogens (tertiary/aromatic N) is 2. The predicted octanol–water partition coefficient (Wildman–Crippen LogP) is 4.11. The molecule has 0 aliphatic rings.